The number of sulfonamides is 1. The second-order valence-corrected chi connectivity index (χ2v) is 8.01. The van der Waals surface area contributed by atoms with Crippen LogP contribution in [0, 0.1) is 10.1 Å². The summed E-state index contributed by atoms with van der Waals surface area (Å²) in [6.07, 6.45) is 1.16. The van der Waals surface area contributed by atoms with E-state index in [-0.39, 0.29) is 22.7 Å². The number of benzene rings is 3. The van der Waals surface area contributed by atoms with E-state index in [0.717, 1.165) is 18.3 Å². The molecular formula is C20H18N4O7S. The third-order valence-corrected chi connectivity index (χ3v) is 5.66. The van der Waals surface area contributed by atoms with Gasteiger partial charge in [0, 0.05) is 23.4 Å². The van der Waals surface area contributed by atoms with E-state index in [2.05, 4.69) is 15.2 Å². The lowest BCUT2D eigenvalue weighted by atomic mass is 10.2. The fourth-order valence-electron chi connectivity index (χ4n) is 2.63. The van der Waals surface area contributed by atoms with Gasteiger partial charge in [-0.1, -0.05) is 6.07 Å². The summed E-state index contributed by atoms with van der Waals surface area (Å²) in [4.78, 5) is 10.0. The highest BCUT2D eigenvalue weighted by atomic mass is 32.2. The second-order valence-electron chi connectivity index (χ2n) is 6.36. The third kappa shape index (κ3) is 5.05. The number of hydrazone groups is 1. The topological polar surface area (TPSA) is 163 Å². The minimum Gasteiger partial charge on any atom is -0.504 e. The standard InChI is InChI=1S/C20H18N4O7S/c1-31-16-8-5-14(6-9-16)23-32(29,30)19-11-15(24(27)28)7-10-17(19)22-21-12-13-3-2-4-18(25)20(13)26/h2-12,22-23,25-26H,1H3/b21-12+. The summed E-state index contributed by atoms with van der Waals surface area (Å²) < 4.78 is 33.3. The average molecular weight is 458 g/mol. The van der Waals surface area contributed by atoms with E-state index in [1.807, 2.05) is 0 Å². The molecule has 0 amide bonds. The van der Waals surface area contributed by atoms with E-state index < -0.39 is 31.3 Å². The van der Waals surface area contributed by atoms with Gasteiger partial charge in [-0.15, -0.1) is 0 Å². The number of hydrogen-bond acceptors (Lipinski definition) is 9. The maximum absolute atomic E-state index is 13.0. The Labute approximate surface area is 182 Å². The smallest absolute Gasteiger partial charge is 0.270 e. The largest absolute Gasteiger partial charge is 0.504 e. The number of phenols is 2. The quantitative estimate of drug-likeness (QED) is 0.173. The van der Waals surface area contributed by atoms with Crippen molar-refractivity contribution in [1.82, 2.24) is 0 Å². The fourth-order valence-corrected chi connectivity index (χ4v) is 3.87. The van der Waals surface area contributed by atoms with Gasteiger partial charge >= 0.3 is 0 Å². The van der Waals surface area contributed by atoms with Gasteiger partial charge in [-0.25, -0.2) is 8.42 Å². The molecule has 0 aromatic heterocycles. The maximum Gasteiger partial charge on any atom is 0.270 e. The first-order chi connectivity index (χ1) is 15.2. The Hall–Kier alpha value is -4.32. The van der Waals surface area contributed by atoms with Crippen molar-refractivity contribution in [3.8, 4) is 17.2 Å². The van der Waals surface area contributed by atoms with Gasteiger partial charge in [0.1, 0.15) is 10.6 Å². The molecule has 0 bridgehead atoms. The highest BCUT2D eigenvalue weighted by Crippen LogP contribution is 2.30. The molecule has 0 aliphatic rings. The van der Waals surface area contributed by atoms with Crippen molar-refractivity contribution in [2.45, 2.75) is 4.90 Å². The van der Waals surface area contributed by atoms with Gasteiger partial charge in [0.15, 0.2) is 11.5 Å². The zero-order valence-electron chi connectivity index (χ0n) is 16.6. The van der Waals surface area contributed by atoms with Gasteiger partial charge in [0.2, 0.25) is 0 Å². The van der Waals surface area contributed by atoms with Crippen LogP contribution in [0.2, 0.25) is 0 Å². The van der Waals surface area contributed by atoms with Crippen LogP contribution in [-0.4, -0.2) is 36.9 Å². The first kappa shape index (κ1) is 22.4. The summed E-state index contributed by atoms with van der Waals surface area (Å²) in [6, 6.07) is 13.5. The molecule has 32 heavy (non-hydrogen) atoms. The first-order valence-corrected chi connectivity index (χ1v) is 10.4. The minimum atomic E-state index is -4.25. The number of nitrogens with one attached hydrogen (secondary N) is 2. The lowest BCUT2D eigenvalue weighted by molar-refractivity contribution is -0.385. The second kappa shape index (κ2) is 9.22. The summed E-state index contributed by atoms with van der Waals surface area (Å²) >= 11 is 0. The molecule has 0 saturated carbocycles. The number of methoxy groups -OCH3 is 1. The van der Waals surface area contributed by atoms with Crippen molar-refractivity contribution in [2.24, 2.45) is 5.10 Å². The normalized spacial score (nSPS) is 11.3. The van der Waals surface area contributed by atoms with E-state index in [1.165, 1.54) is 43.5 Å². The van der Waals surface area contributed by atoms with Gasteiger partial charge in [-0.2, -0.15) is 5.10 Å². The van der Waals surface area contributed by atoms with Gasteiger partial charge in [0.25, 0.3) is 15.7 Å². The van der Waals surface area contributed by atoms with Crippen LogP contribution in [0.25, 0.3) is 0 Å². The molecular weight excluding hydrogens is 440 g/mol. The predicted octanol–water partition coefficient (Wildman–Crippen LogP) is 3.26. The Kier molecular flexibility index (Phi) is 6.45. The Balaban J connectivity index is 1.93. The SMILES string of the molecule is COc1ccc(NS(=O)(=O)c2cc([N+](=O)[O-])ccc2N/N=C/c2cccc(O)c2O)cc1. The number of phenolic OH excluding ortho intramolecular Hbond substituents is 2. The molecule has 0 aliphatic heterocycles. The van der Waals surface area contributed by atoms with Crippen molar-refractivity contribution >= 4 is 33.3 Å². The monoisotopic (exact) mass is 458 g/mol. The van der Waals surface area contributed by atoms with Crippen molar-refractivity contribution in [3.63, 3.8) is 0 Å². The number of nitro groups is 1. The number of hydrogen-bond donors (Lipinski definition) is 4. The molecule has 0 saturated heterocycles. The Bertz CT molecular complexity index is 1280. The Morgan fingerprint density at radius 3 is 2.47 bits per heavy atom. The number of aromatic hydroxyl groups is 2. The van der Waals surface area contributed by atoms with Crippen molar-refractivity contribution in [1.29, 1.82) is 0 Å². The highest BCUT2D eigenvalue weighted by molar-refractivity contribution is 7.92. The zero-order valence-corrected chi connectivity index (χ0v) is 17.4. The summed E-state index contributed by atoms with van der Waals surface area (Å²) in [5, 5.41) is 34.4. The molecule has 0 radical (unpaired) electrons. The molecule has 0 spiro atoms. The molecule has 0 heterocycles. The fraction of sp³-hybridized carbons (Fsp3) is 0.0500. The molecule has 0 aliphatic carbocycles. The summed E-state index contributed by atoms with van der Waals surface area (Å²) in [5.41, 5.74) is 2.41. The molecule has 166 valence electrons. The zero-order chi connectivity index (χ0) is 23.3. The number of para-hydroxylation sites is 1. The Morgan fingerprint density at radius 1 is 1.09 bits per heavy atom. The van der Waals surface area contributed by atoms with E-state index in [0.29, 0.717) is 5.75 Å². The van der Waals surface area contributed by atoms with Gasteiger partial charge in [-0.3, -0.25) is 20.3 Å². The van der Waals surface area contributed by atoms with Crippen LogP contribution in [0.4, 0.5) is 17.1 Å². The molecule has 3 aromatic carbocycles. The minimum absolute atomic E-state index is 0.0486. The summed E-state index contributed by atoms with van der Waals surface area (Å²) in [6.45, 7) is 0. The van der Waals surface area contributed by atoms with Crippen LogP contribution >= 0.6 is 0 Å². The van der Waals surface area contributed by atoms with E-state index in [1.54, 1.807) is 12.1 Å². The number of rotatable bonds is 8. The summed E-state index contributed by atoms with van der Waals surface area (Å²) in [7, 11) is -2.78. The van der Waals surface area contributed by atoms with E-state index in [9.17, 15) is 28.7 Å². The van der Waals surface area contributed by atoms with Crippen LogP contribution < -0.4 is 14.9 Å². The molecule has 0 fully saturated rings. The molecule has 11 nitrogen and oxygen atoms in total. The van der Waals surface area contributed by atoms with Crippen molar-refractivity contribution in [3.05, 3.63) is 76.3 Å². The maximum atomic E-state index is 13.0. The molecule has 12 heteroatoms. The number of ether oxygens (including phenoxy) is 1. The van der Waals surface area contributed by atoms with Crippen molar-refractivity contribution < 1.29 is 28.3 Å². The summed E-state index contributed by atoms with van der Waals surface area (Å²) in [5.74, 6) is -0.234. The molecule has 4 N–H and O–H groups in total. The Morgan fingerprint density at radius 2 is 1.81 bits per heavy atom. The van der Waals surface area contributed by atoms with Crippen LogP contribution in [0.1, 0.15) is 5.56 Å². The number of non-ortho nitro benzene ring substituents is 1. The number of nitro benzene ring substituents is 1. The lowest BCUT2D eigenvalue weighted by Crippen LogP contribution is -2.15. The number of anilines is 2. The molecule has 0 atom stereocenters. The van der Waals surface area contributed by atoms with Gasteiger partial charge in [0.05, 0.1) is 23.9 Å². The van der Waals surface area contributed by atoms with Gasteiger partial charge in [-0.05, 0) is 42.5 Å². The van der Waals surface area contributed by atoms with E-state index >= 15 is 0 Å². The highest BCUT2D eigenvalue weighted by Gasteiger charge is 2.23. The van der Waals surface area contributed by atoms with Crippen LogP contribution in [0.5, 0.6) is 17.2 Å². The first-order valence-electron chi connectivity index (χ1n) is 8.96. The number of nitrogens with zero attached hydrogens (tertiary/aromatic N) is 2. The van der Waals surface area contributed by atoms with Crippen LogP contribution in [0.3, 0.4) is 0 Å². The molecule has 3 rings (SSSR count). The van der Waals surface area contributed by atoms with Crippen molar-refractivity contribution in [2.75, 3.05) is 17.3 Å². The van der Waals surface area contributed by atoms with E-state index in [4.69, 9.17) is 4.74 Å². The third-order valence-electron chi connectivity index (χ3n) is 4.24. The predicted molar refractivity (Wildman–Crippen MR) is 118 cm³/mol. The average Bonchev–Trinajstić information content (AvgIpc) is 2.77. The lowest BCUT2D eigenvalue weighted by Gasteiger charge is -2.12. The van der Waals surface area contributed by atoms with Crippen LogP contribution in [-0.2, 0) is 10.0 Å². The van der Waals surface area contributed by atoms with Crippen LogP contribution in [0.15, 0.2) is 70.7 Å². The molecule has 0 unspecified atom stereocenters. The van der Waals surface area contributed by atoms with Gasteiger partial charge < -0.3 is 14.9 Å². The molecule has 3 aromatic rings.